The van der Waals surface area contributed by atoms with Gasteiger partial charge in [0.2, 0.25) is 5.95 Å². The van der Waals surface area contributed by atoms with Crippen molar-refractivity contribution < 1.29 is 0 Å². The number of rotatable bonds is 8. The fourth-order valence-corrected chi connectivity index (χ4v) is 9.28. The van der Waals surface area contributed by atoms with Crippen LogP contribution in [0.5, 0.6) is 0 Å². The summed E-state index contributed by atoms with van der Waals surface area (Å²) in [6, 6.07) is 54.7. The Bertz CT molecular complexity index is 3250. The number of nitrogens with zero attached hydrogens (tertiary/aromatic N) is 4. The van der Waals surface area contributed by atoms with Gasteiger partial charge >= 0.3 is 0 Å². The summed E-state index contributed by atoms with van der Waals surface area (Å²) in [6.45, 7) is 18.7. The van der Waals surface area contributed by atoms with Crippen molar-refractivity contribution >= 4 is 50.0 Å². The van der Waals surface area contributed by atoms with Crippen LogP contribution in [0.25, 0.3) is 78.2 Å². The molecule has 0 spiro atoms. The van der Waals surface area contributed by atoms with Crippen LogP contribution in [-0.2, 0) is 12.8 Å². The molecule has 0 unspecified atom stereocenters. The Balaban J connectivity index is 0.00000140. The van der Waals surface area contributed by atoms with Crippen molar-refractivity contribution in [3.8, 4) is 39.6 Å². The van der Waals surface area contributed by atoms with Gasteiger partial charge in [0.15, 0.2) is 0 Å². The average Bonchev–Trinajstić information content (AvgIpc) is 3.69. The highest BCUT2D eigenvalue weighted by atomic mass is 15.2. The zero-order valence-electron chi connectivity index (χ0n) is 38.8. The third kappa shape index (κ3) is 8.02. The Kier molecular flexibility index (Phi) is 13.5. The summed E-state index contributed by atoms with van der Waals surface area (Å²) in [7, 11) is 0. The number of aryl methyl sites for hydroxylation is 1. The zero-order chi connectivity index (χ0) is 45.5. The van der Waals surface area contributed by atoms with Gasteiger partial charge in [-0.2, -0.15) is 0 Å². The minimum Gasteiger partial charge on any atom is -0.310 e. The molecule has 65 heavy (non-hydrogen) atoms. The predicted octanol–water partition coefficient (Wildman–Crippen LogP) is 17.1. The van der Waals surface area contributed by atoms with Gasteiger partial charge in [-0.15, -0.1) is 0 Å². The Morgan fingerprint density at radius 3 is 2.06 bits per heavy atom. The van der Waals surface area contributed by atoms with Crippen molar-refractivity contribution in [1.82, 2.24) is 14.5 Å². The molecule has 2 aromatic heterocycles. The molecule has 0 N–H and O–H groups in total. The van der Waals surface area contributed by atoms with E-state index >= 15 is 0 Å². The molecule has 0 bridgehead atoms. The van der Waals surface area contributed by atoms with Crippen LogP contribution < -0.4 is 4.90 Å². The molecule has 0 radical (unpaired) electrons. The largest absolute Gasteiger partial charge is 0.310 e. The van der Waals surface area contributed by atoms with Gasteiger partial charge < -0.3 is 4.90 Å². The summed E-state index contributed by atoms with van der Waals surface area (Å²) in [5.41, 5.74) is 16.8. The van der Waals surface area contributed by atoms with Gasteiger partial charge in [0, 0.05) is 45.1 Å². The third-order valence-corrected chi connectivity index (χ3v) is 12.1. The second-order valence-corrected chi connectivity index (χ2v) is 15.5. The Morgan fingerprint density at radius 2 is 1.31 bits per heavy atom. The number of para-hydroxylation sites is 3. The monoisotopic (exact) mass is 846 g/mol. The number of anilines is 2. The lowest BCUT2D eigenvalue weighted by Crippen LogP contribution is -2.20. The van der Waals surface area contributed by atoms with E-state index in [9.17, 15) is 0 Å². The molecular weight excluding hydrogens is 789 g/mol. The molecule has 7 aromatic carbocycles. The van der Waals surface area contributed by atoms with Crippen LogP contribution >= 0.6 is 0 Å². The normalized spacial score (nSPS) is 12.2. The van der Waals surface area contributed by atoms with E-state index in [1.54, 1.807) is 0 Å². The molecular formula is C61H58N4. The lowest BCUT2D eigenvalue weighted by Gasteiger charge is -2.32. The minimum atomic E-state index is 0.634. The summed E-state index contributed by atoms with van der Waals surface area (Å²) < 4.78 is 2.35. The highest BCUT2D eigenvalue weighted by molar-refractivity contribution is 6.11. The zero-order valence-corrected chi connectivity index (χ0v) is 38.8. The molecule has 4 nitrogen and oxygen atoms in total. The summed E-state index contributed by atoms with van der Waals surface area (Å²) in [6.07, 6.45) is 14.3. The number of fused-ring (bicyclic) bond motifs is 9. The number of benzene rings is 7. The average molecular weight is 847 g/mol. The van der Waals surface area contributed by atoms with E-state index in [-0.39, 0.29) is 0 Å². The molecule has 0 aliphatic carbocycles. The van der Waals surface area contributed by atoms with Crippen LogP contribution in [0.3, 0.4) is 0 Å². The first-order chi connectivity index (χ1) is 32.1. The molecule has 0 saturated carbocycles. The quantitative estimate of drug-likeness (QED) is 0.143. The van der Waals surface area contributed by atoms with Crippen LogP contribution in [0.2, 0.25) is 0 Å². The van der Waals surface area contributed by atoms with Crippen LogP contribution in [0.1, 0.15) is 70.7 Å². The second kappa shape index (κ2) is 19.9. The topological polar surface area (TPSA) is 34.0 Å². The molecule has 0 amide bonds. The van der Waals surface area contributed by atoms with E-state index in [1.165, 1.54) is 44.2 Å². The van der Waals surface area contributed by atoms with Gasteiger partial charge in [-0.05, 0) is 89.4 Å². The predicted molar refractivity (Wildman–Crippen MR) is 281 cm³/mol. The maximum atomic E-state index is 5.63. The van der Waals surface area contributed by atoms with Crippen molar-refractivity contribution in [2.24, 2.45) is 0 Å². The lowest BCUT2D eigenvalue weighted by molar-refractivity contribution is 0.980. The van der Waals surface area contributed by atoms with Gasteiger partial charge in [0.25, 0.3) is 0 Å². The van der Waals surface area contributed by atoms with Crippen LogP contribution in [-0.4, -0.2) is 14.5 Å². The van der Waals surface area contributed by atoms with Crippen LogP contribution in [0.15, 0.2) is 194 Å². The van der Waals surface area contributed by atoms with Crippen molar-refractivity contribution in [3.63, 3.8) is 0 Å². The lowest BCUT2D eigenvalue weighted by atomic mass is 9.92. The first-order valence-electron chi connectivity index (χ1n) is 23.2. The highest BCUT2D eigenvalue weighted by Crippen LogP contribution is 2.49. The summed E-state index contributed by atoms with van der Waals surface area (Å²) in [5.74, 6) is 0.634. The smallest absolute Gasteiger partial charge is 0.235 e. The third-order valence-electron chi connectivity index (χ3n) is 12.1. The van der Waals surface area contributed by atoms with Gasteiger partial charge in [0.1, 0.15) is 0 Å². The van der Waals surface area contributed by atoms with Gasteiger partial charge in [-0.3, -0.25) is 4.57 Å². The van der Waals surface area contributed by atoms with Gasteiger partial charge in [-0.25, -0.2) is 9.97 Å². The standard InChI is InChI=1S/C57H46N4.2C2H6/c1-5-9-23-43(8-4)60-52-29-16-11-21-42(52)37-50-47-36-35-39-20-10-12-24-46(39)55(47)61(56(50)49-26-14-17-30-53(49)60)57-58-51-28-15-13-25-48(51)54(59-57)41-33-31-40(32-34-41)45-27-18-22-38(7-3)44(45)19-6-2;2*1-2/h5-6,8-36H,4,7,37H2,1-3H3;2*1-2H3/b9-5-,19-6-,43-23+;;. The number of allylic oxidation sites excluding steroid dienone is 5. The summed E-state index contributed by atoms with van der Waals surface area (Å²) >= 11 is 0. The molecule has 322 valence electrons. The van der Waals surface area contributed by atoms with Gasteiger partial charge in [0.05, 0.1) is 28.1 Å². The molecule has 0 saturated heterocycles. The summed E-state index contributed by atoms with van der Waals surface area (Å²) in [5, 5.41) is 4.52. The van der Waals surface area contributed by atoms with Gasteiger partial charge in [-0.1, -0.05) is 199 Å². The maximum absolute atomic E-state index is 5.63. The fraction of sp³-hybridized carbons (Fsp3) is 0.148. The molecule has 3 heterocycles. The van der Waals surface area contributed by atoms with E-state index in [2.05, 4.69) is 212 Å². The molecule has 0 fully saturated rings. The number of aromatic nitrogens is 3. The van der Waals surface area contributed by atoms with Crippen LogP contribution in [0, 0.1) is 0 Å². The maximum Gasteiger partial charge on any atom is 0.235 e. The molecule has 4 heteroatoms. The van der Waals surface area contributed by atoms with E-state index in [0.717, 1.165) is 67.8 Å². The fourth-order valence-electron chi connectivity index (χ4n) is 9.28. The molecule has 1 aliphatic rings. The van der Waals surface area contributed by atoms with Crippen molar-refractivity contribution in [2.45, 2.75) is 61.3 Å². The van der Waals surface area contributed by atoms with E-state index in [4.69, 9.17) is 9.97 Å². The van der Waals surface area contributed by atoms with Crippen LogP contribution in [0.4, 0.5) is 11.4 Å². The molecule has 0 atom stereocenters. The first kappa shape index (κ1) is 44.1. The van der Waals surface area contributed by atoms with E-state index in [1.807, 2.05) is 40.7 Å². The number of hydrogen-bond donors (Lipinski definition) is 0. The SMILES string of the molecule is C=C/C(=C\C=C/C)N1c2ccccc2Cc2c(n(-c3nc(-c4ccc(-c5cccc(CC)c5/C=C\C)cc4)c4ccccc4n3)c3c2ccc2ccccc23)-c2ccccc21.CC.CC. The van der Waals surface area contributed by atoms with E-state index in [0.29, 0.717) is 12.4 Å². The van der Waals surface area contributed by atoms with Crippen molar-refractivity contribution in [1.29, 1.82) is 0 Å². The second-order valence-electron chi connectivity index (χ2n) is 15.5. The number of hydrogen-bond acceptors (Lipinski definition) is 3. The Labute approximate surface area is 385 Å². The van der Waals surface area contributed by atoms with Crippen molar-refractivity contribution in [2.75, 3.05) is 4.90 Å². The minimum absolute atomic E-state index is 0.634. The van der Waals surface area contributed by atoms with Crippen molar-refractivity contribution in [3.05, 3.63) is 217 Å². The van der Waals surface area contributed by atoms with E-state index < -0.39 is 0 Å². The Morgan fingerprint density at radius 1 is 0.631 bits per heavy atom. The molecule has 9 aromatic rings. The summed E-state index contributed by atoms with van der Waals surface area (Å²) in [4.78, 5) is 13.4. The first-order valence-corrected chi connectivity index (χ1v) is 23.2. The highest BCUT2D eigenvalue weighted by Gasteiger charge is 2.31. The Hall–Kier alpha value is -7.56. The molecule has 1 aliphatic heterocycles. The molecule has 10 rings (SSSR count).